The molecule has 0 spiro atoms. The van der Waals surface area contributed by atoms with E-state index in [1.165, 1.54) is 16.7 Å². The van der Waals surface area contributed by atoms with Crippen molar-refractivity contribution in [2.75, 3.05) is 0 Å². The lowest BCUT2D eigenvalue weighted by Gasteiger charge is -2.10. The average molecular weight is 185 g/mol. The van der Waals surface area contributed by atoms with Gasteiger partial charge < -0.3 is 5.41 Å². The van der Waals surface area contributed by atoms with Crippen molar-refractivity contribution in [3.05, 3.63) is 41.5 Å². The Morgan fingerprint density at radius 3 is 2.71 bits per heavy atom. The van der Waals surface area contributed by atoms with Crippen LogP contribution >= 0.6 is 0 Å². The topological polar surface area (TPSA) is 23.9 Å². The van der Waals surface area contributed by atoms with E-state index >= 15 is 0 Å². The van der Waals surface area contributed by atoms with Gasteiger partial charge in [0.25, 0.3) is 0 Å². The number of fused-ring (bicyclic) bond motifs is 1. The summed E-state index contributed by atoms with van der Waals surface area (Å²) in [5.74, 6) is 0.531. The zero-order valence-electron chi connectivity index (χ0n) is 8.72. The second-order valence-electron chi connectivity index (χ2n) is 4.16. The molecule has 0 aliphatic heterocycles. The molecule has 0 bridgehead atoms. The van der Waals surface area contributed by atoms with Crippen LogP contribution < -0.4 is 0 Å². The van der Waals surface area contributed by atoms with Crippen LogP contribution in [0.2, 0.25) is 0 Å². The minimum atomic E-state index is 0.531. The Labute approximate surface area is 85.0 Å². The summed E-state index contributed by atoms with van der Waals surface area (Å²) >= 11 is 0. The fraction of sp³-hybridized carbons (Fsp3) is 0.308. The van der Waals surface area contributed by atoms with Gasteiger partial charge in [-0.15, -0.1) is 0 Å². The molecule has 0 radical (unpaired) electrons. The normalized spacial score (nSPS) is 15.1. The Kier molecular flexibility index (Phi) is 2.03. The van der Waals surface area contributed by atoms with Crippen LogP contribution in [0.4, 0.5) is 0 Å². The van der Waals surface area contributed by atoms with Gasteiger partial charge >= 0.3 is 0 Å². The number of rotatable bonds is 1. The number of allylic oxidation sites excluding steroid dienone is 1. The lowest BCUT2D eigenvalue weighted by Crippen LogP contribution is -1.96. The summed E-state index contributed by atoms with van der Waals surface area (Å²) < 4.78 is 0. The first-order valence-corrected chi connectivity index (χ1v) is 5.00. The molecular formula is C13H15N. The molecule has 72 valence electrons. The van der Waals surface area contributed by atoms with E-state index in [9.17, 15) is 0 Å². The highest BCUT2D eigenvalue weighted by molar-refractivity contribution is 6.26. The smallest absolute Gasteiger partial charge is 0.0430 e. The summed E-state index contributed by atoms with van der Waals surface area (Å²) in [6, 6.07) is 6.30. The van der Waals surface area contributed by atoms with Crippen molar-refractivity contribution in [1.29, 1.82) is 5.41 Å². The number of nitrogens with one attached hydrogen (secondary N) is 1. The lowest BCUT2D eigenvalue weighted by molar-refractivity contribution is 0.853. The Morgan fingerprint density at radius 2 is 2.07 bits per heavy atom. The van der Waals surface area contributed by atoms with Gasteiger partial charge in [-0.2, -0.15) is 0 Å². The molecule has 1 aliphatic rings. The van der Waals surface area contributed by atoms with Crippen LogP contribution in [0.15, 0.2) is 24.8 Å². The van der Waals surface area contributed by atoms with E-state index in [1.54, 1.807) is 0 Å². The molecule has 0 unspecified atom stereocenters. The van der Waals surface area contributed by atoms with E-state index in [0.29, 0.717) is 11.6 Å². The van der Waals surface area contributed by atoms with Crippen molar-refractivity contribution < 1.29 is 0 Å². The summed E-state index contributed by atoms with van der Waals surface area (Å²) in [6.07, 6.45) is 0.766. The lowest BCUT2D eigenvalue weighted by atomic mass is 9.94. The average Bonchev–Trinajstić information content (AvgIpc) is 2.43. The molecule has 1 heteroatoms. The Bertz CT molecular complexity index is 413. The maximum absolute atomic E-state index is 7.78. The van der Waals surface area contributed by atoms with Crippen molar-refractivity contribution in [3.8, 4) is 0 Å². The first-order valence-electron chi connectivity index (χ1n) is 5.00. The largest absolute Gasteiger partial charge is 0.304 e. The van der Waals surface area contributed by atoms with Crippen molar-refractivity contribution in [2.24, 2.45) is 0 Å². The minimum Gasteiger partial charge on any atom is -0.304 e. The van der Waals surface area contributed by atoms with Gasteiger partial charge in [-0.05, 0) is 28.2 Å². The zero-order chi connectivity index (χ0) is 10.3. The van der Waals surface area contributed by atoms with Crippen molar-refractivity contribution >= 4 is 11.3 Å². The molecule has 0 fully saturated rings. The molecule has 1 nitrogen and oxygen atoms in total. The van der Waals surface area contributed by atoms with Gasteiger partial charge in [0.05, 0.1) is 0 Å². The molecular weight excluding hydrogens is 170 g/mol. The third-order valence-electron chi connectivity index (χ3n) is 2.88. The fourth-order valence-corrected chi connectivity index (χ4v) is 2.07. The molecule has 1 N–H and O–H groups in total. The first kappa shape index (κ1) is 9.20. The Balaban J connectivity index is 2.61. The van der Waals surface area contributed by atoms with E-state index < -0.39 is 0 Å². The highest BCUT2D eigenvalue weighted by atomic mass is 14.5. The van der Waals surface area contributed by atoms with Crippen LogP contribution in [0.1, 0.15) is 36.5 Å². The van der Waals surface area contributed by atoms with Crippen molar-refractivity contribution in [2.45, 2.75) is 26.2 Å². The van der Waals surface area contributed by atoms with E-state index in [1.807, 2.05) is 0 Å². The number of hydrogen-bond donors (Lipinski definition) is 1. The van der Waals surface area contributed by atoms with Gasteiger partial charge in [-0.1, -0.05) is 38.6 Å². The molecule has 0 saturated heterocycles. The number of benzene rings is 1. The zero-order valence-corrected chi connectivity index (χ0v) is 8.72. The molecule has 0 atom stereocenters. The maximum atomic E-state index is 7.78. The van der Waals surface area contributed by atoms with E-state index in [4.69, 9.17) is 5.41 Å². The summed E-state index contributed by atoms with van der Waals surface area (Å²) in [5.41, 5.74) is 5.44. The van der Waals surface area contributed by atoms with Gasteiger partial charge in [-0.3, -0.25) is 0 Å². The summed E-state index contributed by atoms with van der Waals surface area (Å²) in [6.45, 7) is 8.34. The monoisotopic (exact) mass is 185 g/mol. The van der Waals surface area contributed by atoms with Crippen molar-refractivity contribution in [1.82, 2.24) is 0 Å². The summed E-state index contributed by atoms with van der Waals surface area (Å²) in [7, 11) is 0. The third kappa shape index (κ3) is 1.20. The molecule has 1 aromatic carbocycles. The standard InChI is InChI=1S/C13H15N/c1-8(2)10-5-4-6-11-9(3)13(14)7-12(10)11/h4-6,8,14H,3,7H2,1-2H3. The predicted molar refractivity (Wildman–Crippen MR) is 61.0 cm³/mol. The van der Waals surface area contributed by atoms with E-state index in [2.05, 4.69) is 38.6 Å². The SMILES string of the molecule is C=C1C(=N)Cc2c1cccc2C(C)C. The molecule has 0 saturated carbocycles. The molecule has 2 rings (SSSR count). The van der Waals surface area contributed by atoms with Gasteiger partial charge in [0.2, 0.25) is 0 Å². The molecule has 1 aliphatic carbocycles. The van der Waals surface area contributed by atoms with Crippen LogP contribution in [-0.2, 0) is 6.42 Å². The minimum absolute atomic E-state index is 0.531. The van der Waals surface area contributed by atoms with Gasteiger partial charge in [0.15, 0.2) is 0 Å². The summed E-state index contributed by atoms with van der Waals surface area (Å²) in [4.78, 5) is 0. The van der Waals surface area contributed by atoms with Crippen LogP contribution in [0, 0.1) is 5.41 Å². The van der Waals surface area contributed by atoms with E-state index in [0.717, 1.165) is 12.0 Å². The van der Waals surface area contributed by atoms with Crippen molar-refractivity contribution in [3.63, 3.8) is 0 Å². The van der Waals surface area contributed by atoms with Gasteiger partial charge in [0.1, 0.15) is 0 Å². The molecule has 0 aromatic heterocycles. The summed E-state index contributed by atoms with van der Waals surface area (Å²) in [5, 5.41) is 7.78. The molecule has 0 amide bonds. The third-order valence-corrected chi connectivity index (χ3v) is 2.88. The van der Waals surface area contributed by atoms with Gasteiger partial charge in [0, 0.05) is 12.1 Å². The van der Waals surface area contributed by atoms with Gasteiger partial charge in [-0.25, -0.2) is 0 Å². The molecule has 0 heterocycles. The predicted octanol–water partition coefficient (Wildman–Crippen LogP) is 3.40. The Hall–Kier alpha value is -1.37. The fourth-order valence-electron chi connectivity index (χ4n) is 2.07. The van der Waals surface area contributed by atoms with Crippen LogP contribution in [0.25, 0.3) is 5.57 Å². The highest BCUT2D eigenvalue weighted by Crippen LogP contribution is 2.33. The maximum Gasteiger partial charge on any atom is 0.0430 e. The Morgan fingerprint density at radius 1 is 1.36 bits per heavy atom. The van der Waals surface area contributed by atoms with E-state index in [-0.39, 0.29) is 0 Å². The van der Waals surface area contributed by atoms with Crippen LogP contribution in [0.3, 0.4) is 0 Å². The molecule has 1 aromatic rings. The second-order valence-corrected chi connectivity index (χ2v) is 4.16. The van der Waals surface area contributed by atoms with Crippen LogP contribution in [0.5, 0.6) is 0 Å². The molecule has 14 heavy (non-hydrogen) atoms. The first-order chi connectivity index (χ1) is 6.61. The highest BCUT2D eigenvalue weighted by Gasteiger charge is 2.22. The quantitative estimate of drug-likeness (QED) is 0.693. The number of hydrogen-bond acceptors (Lipinski definition) is 1. The van der Waals surface area contributed by atoms with Crippen LogP contribution in [-0.4, -0.2) is 5.71 Å². The second kappa shape index (κ2) is 3.09.